The fourth-order valence-electron chi connectivity index (χ4n) is 1.81. The molecule has 0 spiro atoms. The number of ether oxygens (including phenoxy) is 1. The molecule has 0 atom stereocenters. The molecule has 0 radical (unpaired) electrons. The van der Waals surface area contributed by atoms with Gasteiger partial charge in [-0.1, -0.05) is 17.7 Å². The summed E-state index contributed by atoms with van der Waals surface area (Å²) in [5.41, 5.74) is 1.80. The summed E-state index contributed by atoms with van der Waals surface area (Å²) in [5.74, 6) is -0.171. The zero-order valence-electron chi connectivity index (χ0n) is 11.6. The zero-order chi connectivity index (χ0) is 15.5. The van der Waals surface area contributed by atoms with Crippen LogP contribution in [0.5, 0.6) is 5.75 Å². The van der Waals surface area contributed by atoms with Crippen molar-refractivity contribution in [1.82, 2.24) is 5.32 Å². The van der Waals surface area contributed by atoms with E-state index in [0.717, 1.165) is 18.9 Å². The van der Waals surface area contributed by atoms with Gasteiger partial charge in [-0.3, -0.25) is 0 Å². The van der Waals surface area contributed by atoms with Crippen LogP contribution in [0.1, 0.15) is 30.9 Å². The second kappa shape index (κ2) is 6.71. The van der Waals surface area contributed by atoms with Crippen LogP contribution in [0, 0.1) is 0 Å². The van der Waals surface area contributed by atoms with Crippen molar-refractivity contribution >= 4 is 11.6 Å². The molecular formula is C15H17ClF3NO. The van der Waals surface area contributed by atoms with Gasteiger partial charge in [-0.2, -0.15) is 13.2 Å². The van der Waals surface area contributed by atoms with Gasteiger partial charge in [0.05, 0.1) is 5.56 Å². The number of hydrogen-bond acceptors (Lipinski definition) is 2. The average molecular weight is 320 g/mol. The van der Waals surface area contributed by atoms with Crippen LogP contribution in [0.2, 0.25) is 0 Å². The summed E-state index contributed by atoms with van der Waals surface area (Å²) in [5, 5.41) is 3.20. The average Bonchev–Trinajstić information content (AvgIpc) is 3.26. The summed E-state index contributed by atoms with van der Waals surface area (Å²) in [6.45, 7) is 2.16. The zero-order valence-corrected chi connectivity index (χ0v) is 12.4. The van der Waals surface area contributed by atoms with Gasteiger partial charge in [0, 0.05) is 18.1 Å². The van der Waals surface area contributed by atoms with Crippen LogP contribution >= 0.6 is 11.6 Å². The highest BCUT2D eigenvalue weighted by Gasteiger charge is 2.34. The minimum atomic E-state index is -4.44. The number of halogens is 4. The Balaban J connectivity index is 2.14. The summed E-state index contributed by atoms with van der Waals surface area (Å²) in [7, 11) is 0. The number of hydrogen-bond donors (Lipinski definition) is 1. The maximum Gasteiger partial charge on any atom is 0.419 e. The van der Waals surface area contributed by atoms with Crippen LogP contribution in [-0.4, -0.2) is 12.6 Å². The number of rotatable bonds is 6. The second-order valence-electron chi connectivity index (χ2n) is 5.23. The van der Waals surface area contributed by atoms with Crippen molar-refractivity contribution in [2.45, 2.75) is 38.5 Å². The quantitative estimate of drug-likeness (QED) is 0.834. The van der Waals surface area contributed by atoms with E-state index in [-0.39, 0.29) is 12.4 Å². The van der Waals surface area contributed by atoms with Crippen LogP contribution in [0.15, 0.2) is 29.3 Å². The molecule has 0 aliphatic heterocycles. The summed E-state index contributed by atoms with van der Waals surface area (Å²) in [4.78, 5) is 0. The summed E-state index contributed by atoms with van der Waals surface area (Å²) >= 11 is 5.48. The highest BCUT2D eigenvalue weighted by Crippen LogP contribution is 2.37. The van der Waals surface area contributed by atoms with Gasteiger partial charge in [0.25, 0.3) is 0 Å². The molecule has 0 aromatic heterocycles. The molecule has 0 unspecified atom stereocenters. The largest absolute Gasteiger partial charge is 0.489 e. The van der Waals surface area contributed by atoms with Gasteiger partial charge >= 0.3 is 6.18 Å². The molecular weight excluding hydrogens is 303 g/mol. The molecule has 6 heteroatoms. The minimum absolute atomic E-state index is 0.0340. The monoisotopic (exact) mass is 319 g/mol. The van der Waals surface area contributed by atoms with E-state index >= 15 is 0 Å². The molecule has 2 rings (SSSR count). The molecule has 1 aliphatic rings. The second-order valence-corrected chi connectivity index (χ2v) is 5.45. The maximum atomic E-state index is 13.1. The Labute approximate surface area is 126 Å². The fourth-order valence-corrected chi connectivity index (χ4v) is 1.87. The predicted octanol–water partition coefficient (Wildman–Crippen LogP) is 4.48. The van der Waals surface area contributed by atoms with Crippen molar-refractivity contribution in [3.05, 3.63) is 40.4 Å². The topological polar surface area (TPSA) is 21.3 Å². The lowest BCUT2D eigenvalue weighted by Gasteiger charge is -2.15. The van der Waals surface area contributed by atoms with Gasteiger partial charge in [-0.15, -0.1) is 0 Å². The third-order valence-corrected chi connectivity index (χ3v) is 3.54. The first kappa shape index (κ1) is 16.2. The molecule has 1 aromatic carbocycles. The molecule has 1 aromatic rings. The first-order valence-electron chi connectivity index (χ1n) is 6.72. The Morgan fingerprint density at radius 1 is 1.43 bits per heavy atom. The van der Waals surface area contributed by atoms with Crippen molar-refractivity contribution < 1.29 is 17.9 Å². The minimum Gasteiger partial charge on any atom is -0.489 e. The Bertz CT molecular complexity index is 524. The predicted molar refractivity (Wildman–Crippen MR) is 76.4 cm³/mol. The van der Waals surface area contributed by atoms with Gasteiger partial charge in [0.15, 0.2) is 0 Å². The van der Waals surface area contributed by atoms with Crippen LogP contribution in [0.4, 0.5) is 13.2 Å². The lowest BCUT2D eigenvalue weighted by Crippen LogP contribution is -2.16. The van der Waals surface area contributed by atoms with Crippen LogP contribution in [0.3, 0.4) is 0 Å². The first-order valence-corrected chi connectivity index (χ1v) is 7.16. The van der Waals surface area contributed by atoms with E-state index in [1.165, 1.54) is 11.6 Å². The van der Waals surface area contributed by atoms with Crippen LogP contribution in [-0.2, 0) is 12.7 Å². The molecule has 0 amide bonds. The van der Waals surface area contributed by atoms with E-state index in [9.17, 15) is 13.2 Å². The maximum absolute atomic E-state index is 13.1. The Kier molecular flexibility index (Phi) is 5.17. The highest BCUT2D eigenvalue weighted by molar-refractivity contribution is 6.25. The number of nitrogens with one attached hydrogen (secondary N) is 1. The van der Waals surface area contributed by atoms with Gasteiger partial charge < -0.3 is 10.1 Å². The van der Waals surface area contributed by atoms with Crippen LogP contribution < -0.4 is 10.1 Å². The number of alkyl halides is 3. The highest BCUT2D eigenvalue weighted by atomic mass is 35.5. The lowest BCUT2D eigenvalue weighted by atomic mass is 10.1. The molecule has 21 heavy (non-hydrogen) atoms. The Hall–Kier alpha value is -1.20. The van der Waals surface area contributed by atoms with Crippen LogP contribution in [0.25, 0.3) is 0 Å². The third-order valence-electron chi connectivity index (χ3n) is 3.16. The molecule has 0 bridgehead atoms. The van der Waals surface area contributed by atoms with E-state index in [2.05, 4.69) is 5.32 Å². The van der Waals surface area contributed by atoms with Gasteiger partial charge in [-0.25, -0.2) is 0 Å². The summed E-state index contributed by atoms with van der Waals surface area (Å²) in [6, 6.07) is 4.62. The van der Waals surface area contributed by atoms with Crippen molar-refractivity contribution in [3.63, 3.8) is 0 Å². The molecule has 116 valence electrons. The normalized spacial score (nSPS) is 16.1. The summed E-state index contributed by atoms with van der Waals surface area (Å²) < 4.78 is 44.5. The van der Waals surface area contributed by atoms with Gasteiger partial charge in [-0.05, 0) is 43.0 Å². The van der Waals surface area contributed by atoms with E-state index in [0.29, 0.717) is 23.7 Å². The van der Waals surface area contributed by atoms with E-state index < -0.39 is 11.7 Å². The summed E-state index contributed by atoms with van der Waals surface area (Å²) in [6.07, 6.45) is -2.25. The number of benzene rings is 1. The third kappa shape index (κ3) is 4.93. The van der Waals surface area contributed by atoms with Gasteiger partial charge in [0.2, 0.25) is 0 Å². The molecule has 1 fully saturated rings. The van der Waals surface area contributed by atoms with Crippen molar-refractivity contribution in [2.24, 2.45) is 0 Å². The van der Waals surface area contributed by atoms with Crippen molar-refractivity contribution in [1.29, 1.82) is 0 Å². The molecule has 0 saturated heterocycles. The SMILES string of the molecule is C/C(=C/Cl)COc1ccc(CNC2CC2)cc1C(F)(F)F. The molecule has 1 aliphatic carbocycles. The van der Waals surface area contributed by atoms with E-state index in [1.807, 2.05) is 0 Å². The lowest BCUT2D eigenvalue weighted by molar-refractivity contribution is -0.138. The molecule has 2 nitrogen and oxygen atoms in total. The smallest absolute Gasteiger partial charge is 0.419 e. The Morgan fingerprint density at radius 2 is 2.14 bits per heavy atom. The Morgan fingerprint density at radius 3 is 2.71 bits per heavy atom. The van der Waals surface area contributed by atoms with Crippen molar-refractivity contribution in [2.75, 3.05) is 6.61 Å². The first-order chi connectivity index (χ1) is 9.90. The molecule has 0 heterocycles. The molecule has 1 saturated carbocycles. The van der Waals surface area contributed by atoms with E-state index in [1.54, 1.807) is 13.0 Å². The van der Waals surface area contributed by atoms with Crippen molar-refractivity contribution in [3.8, 4) is 5.75 Å². The van der Waals surface area contributed by atoms with Gasteiger partial charge in [0.1, 0.15) is 12.4 Å². The molecule has 1 N–H and O–H groups in total. The standard InChI is InChI=1S/C15H17ClF3NO/c1-10(7-16)9-21-14-5-2-11(8-20-12-3-4-12)6-13(14)15(17,18)19/h2,5-7,12,20H,3-4,8-9H2,1H3/b10-7-. The van der Waals surface area contributed by atoms with E-state index in [4.69, 9.17) is 16.3 Å². The fraction of sp³-hybridized carbons (Fsp3) is 0.467.